The van der Waals surface area contributed by atoms with Crippen molar-refractivity contribution in [2.75, 3.05) is 60.0 Å². The highest BCUT2D eigenvalue weighted by Crippen LogP contribution is 2.42. The van der Waals surface area contributed by atoms with Gasteiger partial charge in [-0.05, 0) is 77.7 Å². The highest BCUT2D eigenvalue weighted by molar-refractivity contribution is 6.49. The van der Waals surface area contributed by atoms with Gasteiger partial charge in [-0.15, -0.1) is 0 Å². The van der Waals surface area contributed by atoms with Crippen molar-refractivity contribution in [3.05, 3.63) is 156 Å². The molecule has 0 saturated heterocycles. The summed E-state index contributed by atoms with van der Waals surface area (Å²) in [4.78, 5) is 117. The number of carbonyl (C=O) groups excluding carboxylic acids is 7. The molecule has 0 saturated carbocycles. The molecule has 24 N–H and O–H groups in total. The Bertz CT molecular complexity index is 4250. The van der Waals surface area contributed by atoms with Crippen LogP contribution in [0.1, 0.15) is 64.9 Å². The Morgan fingerprint density at radius 3 is 1.07 bits per heavy atom. The Morgan fingerprint density at radius 2 is 0.714 bits per heavy atom. The molecule has 43 nitrogen and oxygen atoms in total. The molecule has 618 valence electrons. The van der Waals surface area contributed by atoms with Crippen LogP contribution in [0.3, 0.4) is 0 Å². The molecule has 4 aromatic rings. The summed E-state index contributed by atoms with van der Waals surface area (Å²) in [6.45, 7) is 3.56. The molecule has 0 spiro atoms. The minimum Gasteiger partial charge on any atom is -0.507 e. The molecule has 112 heavy (non-hydrogen) atoms. The molecule has 1 aromatic carbocycles. The van der Waals surface area contributed by atoms with Crippen molar-refractivity contribution in [1.82, 2.24) is 0 Å². The zero-order valence-electron chi connectivity index (χ0n) is 59.7. The third-order valence-corrected chi connectivity index (χ3v) is 14.2. The number of rotatable bonds is 32. The molecule has 3 aliphatic carbocycles. The predicted molar refractivity (Wildman–Crippen MR) is 373 cm³/mol. The quantitative estimate of drug-likeness (QED) is 0.00577. The highest BCUT2D eigenvalue weighted by atomic mass is 16.8. The number of Topliss-reactive ketones (excluding diaryl/α,β-unsaturated/α-hetero) is 1. The molecule has 8 unspecified atom stereocenters. The maximum Gasteiger partial charge on any atom is 0.291 e. The van der Waals surface area contributed by atoms with E-state index in [9.17, 15) is 93.9 Å². The molecule has 8 rings (SSSR count). The number of carbonyl (C=O) groups is 7. The van der Waals surface area contributed by atoms with E-state index in [0.717, 1.165) is 48.6 Å². The lowest BCUT2D eigenvalue weighted by Gasteiger charge is -2.24. The van der Waals surface area contributed by atoms with Gasteiger partial charge in [0.25, 0.3) is 29.6 Å². The molecule has 4 heterocycles. The lowest BCUT2D eigenvalue weighted by atomic mass is 10.0. The van der Waals surface area contributed by atoms with Crippen LogP contribution >= 0.6 is 0 Å². The zero-order chi connectivity index (χ0) is 80.4. The molecule has 4 aliphatic rings. The van der Waals surface area contributed by atoms with Crippen molar-refractivity contribution in [2.24, 2.45) is 0 Å². The molecule has 8 atom stereocenters. The predicted octanol–water partition coefficient (Wildman–Crippen LogP) is -3.03. The van der Waals surface area contributed by atoms with Crippen LogP contribution in [0, 0.1) is 0 Å². The first-order valence-electron chi connectivity index (χ1n) is 31.8. The molecule has 43 heteroatoms. The second-order valence-corrected chi connectivity index (χ2v) is 22.3. The van der Waals surface area contributed by atoms with Crippen LogP contribution in [-0.2, 0) is 66.7 Å². The smallest absolute Gasteiger partial charge is 0.291 e. The van der Waals surface area contributed by atoms with Gasteiger partial charge in [-0.25, -0.2) is 0 Å². The van der Waals surface area contributed by atoms with E-state index in [1.165, 1.54) is 53.0 Å². The first kappa shape index (κ1) is 98.2. The van der Waals surface area contributed by atoms with Crippen molar-refractivity contribution < 1.29 is 198 Å². The molecule has 3 aromatic heterocycles. The van der Waals surface area contributed by atoms with Gasteiger partial charge in [0.2, 0.25) is 93.4 Å². The third kappa shape index (κ3) is 27.7. The highest BCUT2D eigenvalue weighted by Gasteiger charge is 2.34. The molecule has 0 amide bonds. The van der Waals surface area contributed by atoms with Gasteiger partial charge in [-0.2, -0.15) is 0 Å². The number of phenolic OH excluding ortho intramolecular Hbond substituents is 3. The van der Waals surface area contributed by atoms with Gasteiger partial charge in [-0.1, -0.05) is 0 Å². The van der Waals surface area contributed by atoms with Crippen molar-refractivity contribution in [3.63, 3.8) is 0 Å². The summed E-state index contributed by atoms with van der Waals surface area (Å²) in [7, 11) is 1.30. The number of methoxy groups -OCH3 is 1. The fraction of sp³-hybridized carbons (Fsp3) is 0.362. The van der Waals surface area contributed by atoms with E-state index in [2.05, 4.69) is 0 Å². The molecule has 1 aliphatic heterocycles. The number of aromatic hydroxyl groups is 6. The standard InChI is InChI=1S/C18H20O9.C17H20O10.2C17H18O10.4H2O/c1-10(25-12(9-20)5-6-19)26-16-8-14(22)17(23)18(27-16)11-3-4-13(21)15(7-11)24-2;3*1-8(25-9(7-19)2-3-18)26-15-6-14(23)16(24)17(27-15)10-4-12(21)13(22)5-11(10)20;;;;/h3-4,7-8,10,12,19-20H,5-6,9H2,1-2H3;4-6,8-9,18-22,24H,2-3,7H2,1H3;2*4-6,8-9,18-20,24H,2-3,7H2,1H3;4*1H2/b18-11-;;;;;;;. The average Bonchev–Trinajstić information content (AvgIpc) is 0.785. The summed E-state index contributed by atoms with van der Waals surface area (Å²) in [5.41, 5.74) is -3.53. The lowest BCUT2D eigenvalue weighted by molar-refractivity contribution is -0.174. The Hall–Kier alpha value is -11.8. The van der Waals surface area contributed by atoms with Crippen LogP contribution in [0.2, 0.25) is 0 Å². The number of hydrogen-bond acceptors (Lipinski definition) is 39. The van der Waals surface area contributed by atoms with Crippen LogP contribution in [0.4, 0.5) is 0 Å². The van der Waals surface area contributed by atoms with Crippen molar-refractivity contribution in [1.29, 1.82) is 0 Å². The van der Waals surface area contributed by atoms with Gasteiger partial charge >= 0.3 is 0 Å². The maximum atomic E-state index is 12.1. The minimum atomic E-state index is -1.01. The van der Waals surface area contributed by atoms with Crippen LogP contribution < -0.4 is 30.5 Å². The summed E-state index contributed by atoms with van der Waals surface area (Å²) in [5.74, 6) is -15.1. The van der Waals surface area contributed by atoms with E-state index in [1.54, 1.807) is 0 Å². The van der Waals surface area contributed by atoms with Crippen LogP contribution in [0.25, 0.3) is 22.5 Å². The van der Waals surface area contributed by atoms with Gasteiger partial charge in [0.05, 0.1) is 98.9 Å². The van der Waals surface area contributed by atoms with Gasteiger partial charge in [-0.3, -0.25) is 47.9 Å². The number of ether oxygens (including phenoxy) is 10. The normalized spacial score (nSPS) is 16.5. The number of aliphatic hydroxyl groups is 10. The summed E-state index contributed by atoms with van der Waals surface area (Å²) >= 11 is 0. The molecule has 0 fully saturated rings. The van der Waals surface area contributed by atoms with E-state index in [1.807, 2.05) is 0 Å². The summed E-state index contributed by atoms with van der Waals surface area (Å²) in [6.07, 6.45) is 1.32. The van der Waals surface area contributed by atoms with E-state index in [-0.39, 0.29) is 152 Å². The number of aliphatic hydroxyl groups excluding tert-OH is 10. The Balaban J connectivity index is 0.000000738. The summed E-state index contributed by atoms with van der Waals surface area (Å²) in [6, 6.07) is 4.18. The monoisotopic (exact) mass is 1600 g/mol. The first-order chi connectivity index (χ1) is 51.2. The molecule has 0 bridgehead atoms. The van der Waals surface area contributed by atoms with E-state index in [0.29, 0.717) is 12.2 Å². The van der Waals surface area contributed by atoms with Crippen LogP contribution in [0.15, 0.2) is 141 Å². The number of ketones is 7. The third-order valence-electron chi connectivity index (χ3n) is 14.2. The number of phenols is 3. The second kappa shape index (κ2) is 46.7. The van der Waals surface area contributed by atoms with Crippen molar-refractivity contribution >= 4 is 51.6 Å². The van der Waals surface area contributed by atoms with E-state index >= 15 is 0 Å². The Labute approximate surface area is 629 Å². The van der Waals surface area contributed by atoms with Gasteiger partial charge in [0.1, 0.15) is 17.3 Å². The average molecular weight is 1600 g/mol. The molecular formula is C69H84O43. The van der Waals surface area contributed by atoms with Gasteiger partial charge in [0.15, 0.2) is 40.3 Å². The first-order valence-corrected chi connectivity index (χ1v) is 31.8. The van der Waals surface area contributed by atoms with Crippen LogP contribution in [0.5, 0.6) is 52.3 Å². The minimum absolute atomic E-state index is 0. The number of hydrogen-bond donors (Lipinski definition) is 16. The van der Waals surface area contributed by atoms with Crippen LogP contribution in [-0.4, -0.2) is 254 Å². The van der Waals surface area contributed by atoms with E-state index in [4.69, 9.17) is 96.4 Å². The van der Waals surface area contributed by atoms with Gasteiger partial charge in [0, 0.05) is 62.4 Å². The lowest BCUT2D eigenvalue weighted by Crippen LogP contribution is -2.29. The SMILES string of the molecule is CC(Oc1cc(=O)c(O)c(-c2cc(O)c(O)cc2O)o1)OC(CO)CCO.CC(Oc1cc(=O)c(O)c(C2=CC(=O)C(=O)C=C2O)o1)OC(CO)CCO.CC(Oc1cc(=O)c(O)c(C2=CC(=O)C(=O)C=C2O)o1)OC(CO)CCO.COC1=C/C(=C2\OC(OC(C)OC(CO)CCO)=CC(=O)C2=O)C=CC1=O.O.O.O.O. The topological polar surface area (TPSA) is 752 Å². The van der Waals surface area contributed by atoms with E-state index < -0.39 is 176 Å². The number of allylic oxidation sites excluding steroid dienone is 12. The molecular weight excluding hydrogens is 1520 g/mol. The van der Waals surface area contributed by atoms with Crippen molar-refractivity contribution in [3.8, 4) is 63.7 Å². The fourth-order valence-electron chi connectivity index (χ4n) is 9.08. The van der Waals surface area contributed by atoms with Crippen molar-refractivity contribution in [2.45, 2.75) is 103 Å². The Kier molecular flexibility index (Phi) is 40.9. The number of benzene rings is 1. The fourth-order valence-corrected chi connectivity index (χ4v) is 9.08. The largest absolute Gasteiger partial charge is 0.507 e. The summed E-state index contributed by atoms with van der Waals surface area (Å²) < 4.78 is 68.6. The zero-order valence-corrected chi connectivity index (χ0v) is 59.7. The second-order valence-electron chi connectivity index (χ2n) is 22.3. The Morgan fingerprint density at radius 1 is 0.375 bits per heavy atom. The van der Waals surface area contributed by atoms with Gasteiger partial charge < -0.3 is 164 Å². The maximum absolute atomic E-state index is 12.1. The summed E-state index contributed by atoms with van der Waals surface area (Å²) in [5, 5.41) is 150. The molecule has 0 radical (unpaired) electrons.